The van der Waals surface area contributed by atoms with Gasteiger partial charge in [0.05, 0.1) is 19.2 Å². The fourth-order valence-electron chi connectivity index (χ4n) is 2.98. The lowest BCUT2D eigenvalue weighted by Gasteiger charge is -2.34. The van der Waals surface area contributed by atoms with Crippen molar-refractivity contribution in [3.63, 3.8) is 0 Å². The average Bonchev–Trinajstić information content (AvgIpc) is 2.45. The molecule has 2 rings (SSSR count). The van der Waals surface area contributed by atoms with E-state index in [4.69, 9.17) is 21.1 Å². The first-order valence-corrected chi connectivity index (χ1v) is 9.03. The van der Waals surface area contributed by atoms with Crippen molar-refractivity contribution in [3.05, 3.63) is 17.2 Å². The van der Waals surface area contributed by atoms with Gasteiger partial charge in [0.1, 0.15) is 16.4 Å². The molecule has 0 bridgehead atoms. The maximum absolute atomic E-state index is 13.0. The van der Waals surface area contributed by atoms with Crippen LogP contribution in [0.15, 0.2) is 17.0 Å². The fourth-order valence-corrected chi connectivity index (χ4v) is 5.04. The van der Waals surface area contributed by atoms with Gasteiger partial charge in [0, 0.05) is 25.2 Å². The van der Waals surface area contributed by atoms with Crippen LogP contribution in [0.1, 0.15) is 20.3 Å². The zero-order valence-electron chi connectivity index (χ0n) is 13.3. The molecule has 1 aromatic rings. The van der Waals surface area contributed by atoms with E-state index in [2.05, 4.69) is 13.8 Å². The van der Waals surface area contributed by atoms with Gasteiger partial charge in [-0.2, -0.15) is 4.31 Å². The normalized spacial score (nSPS) is 23.3. The molecule has 0 N–H and O–H groups in total. The molecule has 0 amide bonds. The zero-order valence-corrected chi connectivity index (χ0v) is 14.9. The van der Waals surface area contributed by atoms with Crippen LogP contribution in [0.5, 0.6) is 11.5 Å². The predicted octanol–water partition coefficient (Wildman–Crippen LogP) is 3.02. The Morgan fingerprint density at radius 3 is 2.14 bits per heavy atom. The molecule has 124 valence electrons. The molecule has 0 spiro atoms. The average molecular weight is 348 g/mol. The van der Waals surface area contributed by atoms with E-state index >= 15 is 0 Å². The van der Waals surface area contributed by atoms with Crippen molar-refractivity contribution in [2.45, 2.75) is 25.2 Å². The maximum Gasteiger partial charge on any atom is 0.246 e. The Morgan fingerprint density at radius 2 is 1.64 bits per heavy atom. The molecule has 0 aromatic heterocycles. The van der Waals surface area contributed by atoms with Crippen molar-refractivity contribution in [1.82, 2.24) is 4.31 Å². The predicted molar refractivity (Wildman–Crippen MR) is 86.3 cm³/mol. The largest absolute Gasteiger partial charge is 0.495 e. The van der Waals surface area contributed by atoms with E-state index in [1.807, 2.05) is 0 Å². The summed E-state index contributed by atoms with van der Waals surface area (Å²) >= 11 is 6.05. The first kappa shape index (κ1) is 17.4. The topological polar surface area (TPSA) is 55.8 Å². The van der Waals surface area contributed by atoms with Crippen molar-refractivity contribution in [2.75, 3.05) is 27.3 Å². The Hall–Kier alpha value is -0.980. The summed E-state index contributed by atoms with van der Waals surface area (Å²) in [5.41, 5.74) is 0. The van der Waals surface area contributed by atoms with Crippen molar-refractivity contribution in [2.24, 2.45) is 11.8 Å². The van der Waals surface area contributed by atoms with Crippen LogP contribution in [0.2, 0.25) is 5.02 Å². The summed E-state index contributed by atoms with van der Waals surface area (Å²) in [4.78, 5) is 0.0950. The van der Waals surface area contributed by atoms with Crippen molar-refractivity contribution < 1.29 is 17.9 Å². The van der Waals surface area contributed by atoms with Gasteiger partial charge in [-0.1, -0.05) is 25.4 Å². The van der Waals surface area contributed by atoms with E-state index in [1.54, 1.807) is 0 Å². The Balaban J connectivity index is 2.48. The van der Waals surface area contributed by atoms with Gasteiger partial charge in [-0.3, -0.25) is 0 Å². The maximum atomic E-state index is 13.0. The van der Waals surface area contributed by atoms with Gasteiger partial charge in [-0.25, -0.2) is 8.42 Å². The van der Waals surface area contributed by atoms with Crippen molar-refractivity contribution >= 4 is 21.6 Å². The van der Waals surface area contributed by atoms with Crippen LogP contribution in [0.25, 0.3) is 0 Å². The molecule has 2 atom stereocenters. The lowest BCUT2D eigenvalue weighted by atomic mass is 9.94. The molecule has 0 saturated carbocycles. The second-order valence-corrected chi connectivity index (χ2v) is 8.22. The number of methoxy groups -OCH3 is 2. The van der Waals surface area contributed by atoms with E-state index < -0.39 is 10.0 Å². The molecule has 0 aliphatic carbocycles. The molecule has 1 aliphatic rings. The minimum Gasteiger partial charge on any atom is -0.495 e. The summed E-state index contributed by atoms with van der Waals surface area (Å²) in [6.45, 7) is 5.16. The summed E-state index contributed by atoms with van der Waals surface area (Å²) in [5.74, 6) is 1.22. The minimum atomic E-state index is -3.65. The third-order valence-corrected chi connectivity index (χ3v) is 6.04. The number of ether oxygens (including phenoxy) is 2. The van der Waals surface area contributed by atoms with Crippen molar-refractivity contribution in [3.8, 4) is 11.5 Å². The molecule has 22 heavy (non-hydrogen) atoms. The third-order valence-electron chi connectivity index (χ3n) is 3.89. The Bertz CT molecular complexity index is 637. The summed E-state index contributed by atoms with van der Waals surface area (Å²) in [6, 6.07) is 2.91. The molecular formula is C15H22ClNO4S. The van der Waals surface area contributed by atoms with Gasteiger partial charge >= 0.3 is 0 Å². The van der Waals surface area contributed by atoms with Gasteiger partial charge in [-0.15, -0.1) is 0 Å². The number of hydrogen-bond donors (Lipinski definition) is 0. The molecule has 1 saturated heterocycles. The molecule has 1 aliphatic heterocycles. The van der Waals surface area contributed by atoms with E-state index in [1.165, 1.54) is 30.7 Å². The smallest absolute Gasteiger partial charge is 0.246 e. The summed E-state index contributed by atoms with van der Waals surface area (Å²) in [5, 5.41) is 0.318. The third kappa shape index (κ3) is 3.34. The second kappa shape index (κ2) is 6.64. The highest BCUT2D eigenvalue weighted by molar-refractivity contribution is 7.89. The number of benzene rings is 1. The van der Waals surface area contributed by atoms with Crippen LogP contribution in [-0.2, 0) is 10.0 Å². The number of rotatable bonds is 4. The Labute approximate surface area is 137 Å². The summed E-state index contributed by atoms with van der Waals surface area (Å²) in [6.07, 6.45) is 1.03. The van der Waals surface area contributed by atoms with E-state index in [0.717, 1.165) is 6.42 Å². The highest BCUT2D eigenvalue weighted by Crippen LogP contribution is 2.37. The van der Waals surface area contributed by atoms with Gasteiger partial charge in [0.15, 0.2) is 0 Å². The molecule has 1 aromatic carbocycles. The van der Waals surface area contributed by atoms with Crippen LogP contribution in [0.3, 0.4) is 0 Å². The first-order chi connectivity index (χ1) is 10.3. The highest BCUT2D eigenvalue weighted by Gasteiger charge is 2.34. The van der Waals surface area contributed by atoms with E-state index in [9.17, 15) is 8.42 Å². The minimum absolute atomic E-state index is 0.0950. The first-order valence-electron chi connectivity index (χ1n) is 7.21. The molecule has 5 nitrogen and oxygen atoms in total. The summed E-state index contributed by atoms with van der Waals surface area (Å²) < 4.78 is 37.8. The molecule has 1 fully saturated rings. The molecular weight excluding hydrogens is 326 g/mol. The number of piperidine rings is 1. The lowest BCUT2D eigenvalue weighted by molar-refractivity contribution is 0.222. The number of sulfonamides is 1. The van der Waals surface area contributed by atoms with E-state index in [0.29, 0.717) is 35.7 Å². The van der Waals surface area contributed by atoms with E-state index in [-0.39, 0.29) is 10.6 Å². The van der Waals surface area contributed by atoms with Gasteiger partial charge in [-0.05, 0) is 18.3 Å². The molecule has 7 heteroatoms. The second-order valence-electron chi connectivity index (χ2n) is 5.91. The quantitative estimate of drug-likeness (QED) is 0.840. The SMILES string of the molecule is COc1cc(S(=O)(=O)N2C[C@H](C)C[C@@H](C)C2)c(OC)cc1Cl. The van der Waals surface area contributed by atoms with Crippen molar-refractivity contribution in [1.29, 1.82) is 0 Å². The fraction of sp³-hybridized carbons (Fsp3) is 0.600. The molecule has 0 radical (unpaired) electrons. The number of nitrogens with zero attached hydrogens (tertiary/aromatic N) is 1. The van der Waals surface area contributed by atoms with Crippen LogP contribution < -0.4 is 9.47 Å². The number of halogens is 1. The Morgan fingerprint density at radius 1 is 1.09 bits per heavy atom. The standard InChI is InChI=1S/C15H22ClNO4S/c1-10-5-11(2)9-17(8-10)22(18,19)15-7-13(20-3)12(16)6-14(15)21-4/h6-7,10-11H,5,8-9H2,1-4H3/t10-,11-/m1/s1. The Kier molecular flexibility index (Phi) is 5.25. The van der Waals surface area contributed by atoms with Gasteiger partial charge in [0.25, 0.3) is 0 Å². The van der Waals surface area contributed by atoms with Gasteiger partial charge < -0.3 is 9.47 Å². The van der Waals surface area contributed by atoms with Crippen LogP contribution in [0, 0.1) is 11.8 Å². The molecule has 0 unspecified atom stereocenters. The number of hydrogen-bond acceptors (Lipinski definition) is 4. The zero-order chi connectivity index (χ0) is 16.5. The lowest BCUT2D eigenvalue weighted by Crippen LogP contribution is -2.42. The van der Waals surface area contributed by atoms with Crippen LogP contribution >= 0.6 is 11.6 Å². The highest BCUT2D eigenvalue weighted by atomic mass is 35.5. The van der Waals surface area contributed by atoms with Crippen LogP contribution in [-0.4, -0.2) is 40.0 Å². The van der Waals surface area contributed by atoms with Crippen LogP contribution in [0.4, 0.5) is 0 Å². The molecule has 1 heterocycles. The van der Waals surface area contributed by atoms with Gasteiger partial charge in [0.2, 0.25) is 10.0 Å². The monoisotopic (exact) mass is 347 g/mol. The summed E-state index contributed by atoms with van der Waals surface area (Å²) in [7, 11) is -0.768.